The summed E-state index contributed by atoms with van der Waals surface area (Å²) in [6, 6.07) is 9.95. The molecule has 0 radical (unpaired) electrons. The first-order valence-corrected chi connectivity index (χ1v) is 6.30. The Balaban J connectivity index is 2.49. The molecule has 0 aromatic heterocycles. The Labute approximate surface area is 123 Å². The lowest BCUT2D eigenvalue weighted by molar-refractivity contribution is 0.103. The Hall–Kier alpha value is -2.69. The number of nitrogens with two attached hydrogens (primary N) is 1. The van der Waals surface area contributed by atoms with Gasteiger partial charge >= 0.3 is 0 Å². The van der Waals surface area contributed by atoms with Gasteiger partial charge in [-0.2, -0.15) is 0 Å². The Morgan fingerprint density at radius 1 is 0.857 bits per heavy atom. The van der Waals surface area contributed by atoms with Gasteiger partial charge < -0.3 is 19.9 Å². The van der Waals surface area contributed by atoms with Crippen LogP contribution >= 0.6 is 0 Å². The molecule has 2 aromatic rings. The summed E-state index contributed by atoms with van der Waals surface area (Å²) in [5.74, 6) is 1.43. The second kappa shape index (κ2) is 6.17. The van der Waals surface area contributed by atoms with Crippen molar-refractivity contribution < 1.29 is 19.0 Å². The number of anilines is 1. The molecule has 21 heavy (non-hydrogen) atoms. The topological polar surface area (TPSA) is 70.8 Å². The van der Waals surface area contributed by atoms with Crippen molar-refractivity contribution in [2.75, 3.05) is 27.1 Å². The fraction of sp³-hybridized carbons (Fsp3) is 0.188. The molecule has 0 aliphatic rings. The van der Waals surface area contributed by atoms with Crippen LogP contribution in [0.2, 0.25) is 0 Å². The SMILES string of the molecule is COc1cc(OC)cc(C(=O)c2cc(OC)ccc2N)c1. The lowest BCUT2D eigenvalue weighted by atomic mass is 10.0. The average Bonchev–Trinajstić information content (AvgIpc) is 2.54. The summed E-state index contributed by atoms with van der Waals surface area (Å²) in [7, 11) is 4.60. The standard InChI is InChI=1S/C16H17NO4/c1-19-11-4-5-15(17)14(9-11)16(18)10-6-12(20-2)8-13(7-10)21-3/h4-9H,17H2,1-3H3. The van der Waals surface area contributed by atoms with Crippen LogP contribution in [-0.4, -0.2) is 27.1 Å². The van der Waals surface area contributed by atoms with Crippen LogP contribution in [0.4, 0.5) is 5.69 Å². The number of carbonyl (C=O) groups excluding carboxylic acids is 1. The fourth-order valence-electron chi connectivity index (χ4n) is 1.95. The first kappa shape index (κ1) is 14.7. The van der Waals surface area contributed by atoms with Gasteiger partial charge in [0.2, 0.25) is 0 Å². The Morgan fingerprint density at radius 2 is 1.43 bits per heavy atom. The van der Waals surface area contributed by atoms with Gasteiger partial charge in [-0.05, 0) is 30.3 Å². The van der Waals surface area contributed by atoms with E-state index in [1.54, 1.807) is 36.4 Å². The van der Waals surface area contributed by atoms with E-state index in [0.717, 1.165) is 0 Å². The Morgan fingerprint density at radius 3 is 1.95 bits per heavy atom. The Bertz CT molecular complexity index is 645. The molecule has 0 spiro atoms. The highest BCUT2D eigenvalue weighted by Gasteiger charge is 2.15. The lowest BCUT2D eigenvalue weighted by Crippen LogP contribution is -2.06. The van der Waals surface area contributed by atoms with Crippen LogP contribution in [0.25, 0.3) is 0 Å². The van der Waals surface area contributed by atoms with Crippen LogP contribution in [0, 0.1) is 0 Å². The van der Waals surface area contributed by atoms with Crippen molar-refractivity contribution in [3.8, 4) is 17.2 Å². The van der Waals surface area contributed by atoms with Gasteiger partial charge in [-0.1, -0.05) is 0 Å². The molecule has 0 aliphatic carbocycles. The molecule has 0 saturated carbocycles. The molecule has 0 aliphatic heterocycles. The van der Waals surface area contributed by atoms with Gasteiger partial charge in [0.25, 0.3) is 0 Å². The maximum absolute atomic E-state index is 12.6. The van der Waals surface area contributed by atoms with E-state index in [1.807, 2.05) is 0 Å². The van der Waals surface area contributed by atoms with Crippen molar-refractivity contribution >= 4 is 11.5 Å². The molecule has 0 amide bonds. The van der Waals surface area contributed by atoms with E-state index in [2.05, 4.69) is 0 Å². The number of rotatable bonds is 5. The van der Waals surface area contributed by atoms with Crippen molar-refractivity contribution in [3.05, 3.63) is 47.5 Å². The van der Waals surface area contributed by atoms with Gasteiger partial charge in [0.15, 0.2) is 5.78 Å². The number of benzene rings is 2. The molecule has 0 atom stereocenters. The molecular weight excluding hydrogens is 270 g/mol. The van der Waals surface area contributed by atoms with Crippen LogP contribution in [-0.2, 0) is 0 Å². The van der Waals surface area contributed by atoms with Crippen molar-refractivity contribution in [2.45, 2.75) is 0 Å². The van der Waals surface area contributed by atoms with Crippen molar-refractivity contribution in [1.29, 1.82) is 0 Å². The highest BCUT2D eigenvalue weighted by Crippen LogP contribution is 2.27. The van der Waals surface area contributed by atoms with Crippen LogP contribution in [0.15, 0.2) is 36.4 Å². The van der Waals surface area contributed by atoms with Gasteiger partial charge in [-0.25, -0.2) is 0 Å². The largest absolute Gasteiger partial charge is 0.497 e. The maximum atomic E-state index is 12.6. The number of hydrogen-bond donors (Lipinski definition) is 1. The van der Waals surface area contributed by atoms with E-state index in [9.17, 15) is 4.79 Å². The van der Waals surface area contributed by atoms with Gasteiger partial charge in [-0.3, -0.25) is 4.79 Å². The van der Waals surface area contributed by atoms with Crippen molar-refractivity contribution in [2.24, 2.45) is 0 Å². The minimum Gasteiger partial charge on any atom is -0.497 e. The molecule has 2 N–H and O–H groups in total. The molecule has 2 rings (SSSR count). The van der Waals surface area contributed by atoms with Gasteiger partial charge in [0.05, 0.1) is 21.3 Å². The van der Waals surface area contributed by atoms with E-state index in [0.29, 0.717) is 34.1 Å². The summed E-state index contributed by atoms with van der Waals surface area (Å²) in [5, 5.41) is 0. The summed E-state index contributed by atoms with van der Waals surface area (Å²) in [5.41, 5.74) is 7.09. The first-order valence-electron chi connectivity index (χ1n) is 6.30. The van der Waals surface area contributed by atoms with Crippen molar-refractivity contribution in [3.63, 3.8) is 0 Å². The van der Waals surface area contributed by atoms with Crippen molar-refractivity contribution in [1.82, 2.24) is 0 Å². The molecule has 0 unspecified atom stereocenters. The Kier molecular flexibility index (Phi) is 4.33. The normalized spacial score (nSPS) is 10.0. The molecule has 0 fully saturated rings. The van der Waals surface area contributed by atoms with Gasteiger partial charge in [0.1, 0.15) is 17.2 Å². The third kappa shape index (κ3) is 3.08. The zero-order valence-corrected chi connectivity index (χ0v) is 12.2. The second-order valence-electron chi connectivity index (χ2n) is 4.38. The lowest BCUT2D eigenvalue weighted by Gasteiger charge is -2.10. The second-order valence-corrected chi connectivity index (χ2v) is 4.38. The van der Waals surface area contributed by atoms with E-state index in [-0.39, 0.29) is 5.78 Å². The third-order valence-electron chi connectivity index (χ3n) is 3.12. The highest BCUT2D eigenvalue weighted by molar-refractivity contribution is 6.12. The smallest absolute Gasteiger partial charge is 0.195 e. The molecule has 2 aromatic carbocycles. The summed E-state index contributed by atoms with van der Waals surface area (Å²) >= 11 is 0. The highest BCUT2D eigenvalue weighted by atomic mass is 16.5. The monoisotopic (exact) mass is 287 g/mol. The molecule has 5 nitrogen and oxygen atoms in total. The molecule has 0 bridgehead atoms. The number of carbonyl (C=O) groups is 1. The number of ether oxygens (including phenoxy) is 3. The summed E-state index contributed by atoms with van der Waals surface area (Å²) in [6.45, 7) is 0. The number of hydrogen-bond acceptors (Lipinski definition) is 5. The van der Waals surface area contributed by atoms with Gasteiger partial charge in [-0.15, -0.1) is 0 Å². The zero-order chi connectivity index (χ0) is 15.4. The van der Waals surface area contributed by atoms with Gasteiger partial charge in [0, 0.05) is 22.9 Å². The van der Waals surface area contributed by atoms with E-state index in [1.165, 1.54) is 21.3 Å². The molecule has 5 heteroatoms. The first-order chi connectivity index (χ1) is 10.1. The minimum atomic E-state index is -0.219. The average molecular weight is 287 g/mol. The van der Waals surface area contributed by atoms with E-state index < -0.39 is 0 Å². The maximum Gasteiger partial charge on any atom is 0.195 e. The predicted octanol–water partition coefficient (Wildman–Crippen LogP) is 2.53. The molecule has 0 heterocycles. The minimum absolute atomic E-state index is 0.219. The van der Waals surface area contributed by atoms with E-state index >= 15 is 0 Å². The molecule has 110 valence electrons. The van der Waals surface area contributed by atoms with Crippen LogP contribution in [0.5, 0.6) is 17.2 Å². The number of ketones is 1. The number of nitrogen functional groups attached to an aromatic ring is 1. The molecule has 0 saturated heterocycles. The number of methoxy groups -OCH3 is 3. The van der Waals surface area contributed by atoms with Crippen LogP contribution < -0.4 is 19.9 Å². The van der Waals surface area contributed by atoms with Crippen LogP contribution in [0.1, 0.15) is 15.9 Å². The quantitative estimate of drug-likeness (QED) is 0.676. The third-order valence-corrected chi connectivity index (χ3v) is 3.12. The summed E-state index contributed by atoms with van der Waals surface area (Å²) in [4.78, 5) is 12.6. The zero-order valence-electron chi connectivity index (χ0n) is 12.2. The van der Waals surface area contributed by atoms with Crippen LogP contribution in [0.3, 0.4) is 0 Å². The van der Waals surface area contributed by atoms with E-state index in [4.69, 9.17) is 19.9 Å². The molecular formula is C16H17NO4. The predicted molar refractivity (Wildman–Crippen MR) is 80.4 cm³/mol. The summed E-state index contributed by atoms with van der Waals surface area (Å²) < 4.78 is 15.5. The summed E-state index contributed by atoms with van der Waals surface area (Å²) in [6.07, 6.45) is 0. The fourth-order valence-corrected chi connectivity index (χ4v) is 1.95.